The topological polar surface area (TPSA) is 64.1 Å². The molecule has 0 saturated heterocycles. The van der Waals surface area contributed by atoms with Crippen molar-refractivity contribution in [1.29, 1.82) is 0 Å². The largest absolute Gasteiger partial charge is 0.445 e. The molecule has 1 heterocycles. The molecule has 1 aromatic rings. The number of anilines is 1. The van der Waals surface area contributed by atoms with Crippen LogP contribution in [0.4, 0.5) is 5.82 Å². The lowest BCUT2D eigenvalue weighted by molar-refractivity contribution is 0.467. The van der Waals surface area contributed by atoms with Gasteiger partial charge in [-0.3, -0.25) is 0 Å². The monoisotopic (exact) mass is 153 g/mol. The molecular formula is C7H11N3O. The zero-order valence-electron chi connectivity index (χ0n) is 6.21. The van der Waals surface area contributed by atoms with Crippen molar-refractivity contribution in [3.05, 3.63) is 12.2 Å². The molecule has 11 heavy (non-hydrogen) atoms. The molecule has 4 nitrogen and oxygen atoms in total. The zero-order valence-corrected chi connectivity index (χ0v) is 6.21. The smallest absolute Gasteiger partial charge is 0.209 e. The number of hydrogen-bond donors (Lipinski definition) is 2. The van der Waals surface area contributed by atoms with E-state index < -0.39 is 0 Å². The number of nitrogens with two attached hydrogens (primary N) is 1. The van der Waals surface area contributed by atoms with Crippen molar-refractivity contribution in [3.8, 4) is 0 Å². The van der Waals surface area contributed by atoms with Gasteiger partial charge in [0, 0.05) is 6.04 Å². The molecule has 0 spiro atoms. The molecule has 3 N–H and O–H groups in total. The highest BCUT2D eigenvalue weighted by molar-refractivity contribution is 5.21. The molecule has 1 fully saturated rings. The molecule has 4 heteroatoms. The van der Waals surface area contributed by atoms with Gasteiger partial charge in [-0.25, -0.2) is 0 Å². The first-order valence-corrected chi connectivity index (χ1v) is 3.78. The minimum atomic E-state index is 0.456. The number of rotatable bonds is 3. The first-order valence-electron chi connectivity index (χ1n) is 3.78. The predicted molar refractivity (Wildman–Crippen MR) is 40.8 cm³/mol. The fraction of sp³-hybridized carbons (Fsp3) is 0.571. The van der Waals surface area contributed by atoms with Crippen LogP contribution in [0.15, 0.2) is 10.7 Å². The van der Waals surface area contributed by atoms with Crippen LogP contribution in [-0.4, -0.2) is 11.0 Å². The van der Waals surface area contributed by atoms with Crippen molar-refractivity contribution >= 4 is 5.82 Å². The molecule has 1 saturated carbocycles. The summed E-state index contributed by atoms with van der Waals surface area (Å²) in [5.74, 6) is 1.13. The van der Waals surface area contributed by atoms with Gasteiger partial charge in [0.2, 0.25) is 5.89 Å². The Morgan fingerprint density at radius 2 is 2.55 bits per heavy atom. The summed E-state index contributed by atoms with van der Waals surface area (Å²) < 4.78 is 5.04. The Kier molecular flexibility index (Phi) is 1.54. The van der Waals surface area contributed by atoms with Crippen LogP contribution in [-0.2, 0) is 6.54 Å². The van der Waals surface area contributed by atoms with Crippen LogP contribution >= 0.6 is 0 Å². The third kappa shape index (κ3) is 1.71. The second kappa shape index (κ2) is 2.54. The lowest BCUT2D eigenvalue weighted by Gasteiger charge is -1.95. The zero-order chi connectivity index (χ0) is 7.68. The summed E-state index contributed by atoms with van der Waals surface area (Å²) in [6.07, 6.45) is 4.01. The van der Waals surface area contributed by atoms with Gasteiger partial charge in [0.05, 0.1) is 6.54 Å². The molecule has 0 aromatic carbocycles. The standard InChI is InChI=1S/C7H11N3O/c8-6-4-11-7(10-6)3-9-5-1-2-5/h4-5,9H,1-3,8H2. The lowest BCUT2D eigenvalue weighted by Crippen LogP contribution is -2.15. The average molecular weight is 153 g/mol. The van der Waals surface area contributed by atoms with E-state index in [9.17, 15) is 0 Å². The van der Waals surface area contributed by atoms with Crippen LogP contribution in [0.25, 0.3) is 0 Å². The molecule has 0 bridgehead atoms. The summed E-state index contributed by atoms with van der Waals surface area (Å²) >= 11 is 0. The van der Waals surface area contributed by atoms with Crippen molar-refractivity contribution in [2.45, 2.75) is 25.4 Å². The van der Waals surface area contributed by atoms with Crippen LogP contribution in [0.2, 0.25) is 0 Å². The van der Waals surface area contributed by atoms with E-state index in [0.717, 1.165) is 0 Å². The van der Waals surface area contributed by atoms with Crippen LogP contribution in [0, 0.1) is 0 Å². The van der Waals surface area contributed by atoms with Gasteiger partial charge in [-0.05, 0) is 12.8 Å². The summed E-state index contributed by atoms with van der Waals surface area (Å²) in [6.45, 7) is 0.696. The molecule has 2 rings (SSSR count). The molecule has 0 atom stereocenters. The SMILES string of the molecule is Nc1coc(CNC2CC2)n1. The third-order valence-electron chi connectivity index (χ3n) is 1.69. The van der Waals surface area contributed by atoms with E-state index in [1.165, 1.54) is 19.1 Å². The van der Waals surface area contributed by atoms with Crippen LogP contribution < -0.4 is 11.1 Å². The van der Waals surface area contributed by atoms with Gasteiger partial charge in [-0.1, -0.05) is 0 Å². The molecule has 0 aliphatic heterocycles. The van der Waals surface area contributed by atoms with Gasteiger partial charge in [0.15, 0.2) is 5.82 Å². The van der Waals surface area contributed by atoms with Crippen molar-refractivity contribution in [2.75, 3.05) is 5.73 Å². The Morgan fingerprint density at radius 3 is 3.09 bits per heavy atom. The predicted octanol–water partition coefficient (Wildman–Crippen LogP) is 0.509. The van der Waals surface area contributed by atoms with E-state index in [0.29, 0.717) is 24.3 Å². The van der Waals surface area contributed by atoms with E-state index >= 15 is 0 Å². The van der Waals surface area contributed by atoms with E-state index in [2.05, 4.69) is 10.3 Å². The van der Waals surface area contributed by atoms with E-state index in [4.69, 9.17) is 10.2 Å². The molecule has 1 aliphatic rings. The van der Waals surface area contributed by atoms with Crippen molar-refractivity contribution in [2.24, 2.45) is 0 Å². The second-order valence-corrected chi connectivity index (χ2v) is 2.82. The molecule has 60 valence electrons. The minimum Gasteiger partial charge on any atom is -0.445 e. The first-order chi connectivity index (χ1) is 5.34. The van der Waals surface area contributed by atoms with Gasteiger partial charge in [0.1, 0.15) is 6.26 Å². The molecule has 0 amide bonds. The number of hydrogen-bond acceptors (Lipinski definition) is 4. The fourth-order valence-electron chi connectivity index (χ4n) is 0.925. The van der Waals surface area contributed by atoms with E-state index in [-0.39, 0.29) is 0 Å². The maximum absolute atomic E-state index is 5.37. The van der Waals surface area contributed by atoms with E-state index in [1.807, 2.05) is 0 Å². The van der Waals surface area contributed by atoms with Crippen LogP contribution in [0.3, 0.4) is 0 Å². The van der Waals surface area contributed by atoms with Crippen molar-refractivity contribution < 1.29 is 4.42 Å². The lowest BCUT2D eigenvalue weighted by atomic mass is 10.6. The number of nitrogen functional groups attached to an aromatic ring is 1. The summed E-state index contributed by atoms with van der Waals surface area (Å²) in [5, 5.41) is 3.27. The molecule has 0 radical (unpaired) electrons. The maximum atomic E-state index is 5.37. The Morgan fingerprint density at radius 1 is 1.73 bits per heavy atom. The molecule has 1 aliphatic carbocycles. The molecule has 1 aromatic heterocycles. The highest BCUT2D eigenvalue weighted by Crippen LogP contribution is 2.19. The molecule has 0 unspecified atom stereocenters. The van der Waals surface area contributed by atoms with Crippen molar-refractivity contribution in [3.63, 3.8) is 0 Å². The quantitative estimate of drug-likeness (QED) is 0.664. The first kappa shape index (κ1) is 6.67. The maximum Gasteiger partial charge on any atom is 0.209 e. The van der Waals surface area contributed by atoms with Gasteiger partial charge < -0.3 is 15.5 Å². The number of nitrogens with one attached hydrogen (secondary N) is 1. The summed E-state index contributed by atoms with van der Waals surface area (Å²) in [7, 11) is 0. The number of nitrogens with zero attached hydrogens (tertiary/aromatic N) is 1. The Balaban J connectivity index is 1.85. The van der Waals surface area contributed by atoms with Crippen LogP contribution in [0.5, 0.6) is 0 Å². The summed E-state index contributed by atoms with van der Waals surface area (Å²) in [4.78, 5) is 3.96. The van der Waals surface area contributed by atoms with Crippen molar-refractivity contribution in [1.82, 2.24) is 10.3 Å². The van der Waals surface area contributed by atoms with Gasteiger partial charge in [0.25, 0.3) is 0 Å². The minimum absolute atomic E-state index is 0.456. The number of aromatic nitrogens is 1. The molecular weight excluding hydrogens is 142 g/mol. The summed E-state index contributed by atoms with van der Waals surface area (Å²) in [5.41, 5.74) is 5.37. The van der Waals surface area contributed by atoms with Crippen LogP contribution in [0.1, 0.15) is 18.7 Å². The fourth-order valence-corrected chi connectivity index (χ4v) is 0.925. The normalized spacial score (nSPS) is 17.1. The number of oxazole rings is 1. The Labute approximate surface area is 64.8 Å². The third-order valence-corrected chi connectivity index (χ3v) is 1.69. The van der Waals surface area contributed by atoms with Gasteiger partial charge in [-0.15, -0.1) is 0 Å². The van der Waals surface area contributed by atoms with Gasteiger partial charge in [-0.2, -0.15) is 4.98 Å². The average Bonchev–Trinajstić information content (AvgIpc) is 2.72. The summed E-state index contributed by atoms with van der Waals surface area (Å²) in [6, 6.07) is 0.683. The second-order valence-electron chi connectivity index (χ2n) is 2.82. The van der Waals surface area contributed by atoms with E-state index in [1.54, 1.807) is 0 Å². The Bertz CT molecular complexity index is 242. The van der Waals surface area contributed by atoms with Gasteiger partial charge >= 0.3 is 0 Å². The Hall–Kier alpha value is -1.03. The highest BCUT2D eigenvalue weighted by atomic mass is 16.3. The highest BCUT2D eigenvalue weighted by Gasteiger charge is 2.20.